The van der Waals surface area contributed by atoms with Crippen LogP contribution < -0.4 is 5.32 Å². The lowest BCUT2D eigenvalue weighted by atomic mass is 10.1. The van der Waals surface area contributed by atoms with Crippen LogP contribution in [0.3, 0.4) is 0 Å². The lowest BCUT2D eigenvalue weighted by Gasteiger charge is -2.03. The first kappa shape index (κ1) is 10.8. The van der Waals surface area contributed by atoms with E-state index >= 15 is 0 Å². The van der Waals surface area contributed by atoms with Gasteiger partial charge in [-0.25, -0.2) is 4.68 Å². The first-order chi connectivity index (χ1) is 8.20. The van der Waals surface area contributed by atoms with Gasteiger partial charge in [0, 0.05) is 12.6 Å². The van der Waals surface area contributed by atoms with E-state index in [-0.39, 0.29) is 5.91 Å². The van der Waals surface area contributed by atoms with Crippen LogP contribution in [0.5, 0.6) is 0 Å². The van der Waals surface area contributed by atoms with Gasteiger partial charge in [-0.2, -0.15) is 15.3 Å². The molecule has 6 nitrogen and oxygen atoms in total. The molecule has 17 heavy (non-hydrogen) atoms. The van der Waals surface area contributed by atoms with E-state index in [2.05, 4.69) is 15.4 Å². The molecule has 1 heterocycles. The summed E-state index contributed by atoms with van der Waals surface area (Å²) in [6, 6.07) is 8.34. The van der Waals surface area contributed by atoms with Crippen LogP contribution >= 0.6 is 0 Å². The van der Waals surface area contributed by atoms with Gasteiger partial charge >= 0.3 is 0 Å². The summed E-state index contributed by atoms with van der Waals surface area (Å²) < 4.78 is 1.46. The van der Waals surface area contributed by atoms with Crippen molar-refractivity contribution < 1.29 is 4.79 Å². The van der Waals surface area contributed by atoms with Crippen LogP contribution in [0.4, 0.5) is 5.95 Å². The number of hydrogen-bond acceptors (Lipinski definition) is 4. The topological polar surface area (TPSA) is 83.6 Å². The van der Waals surface area contributed by atoms with Crippen LogP contribution in [0.25, 0.3) is 0 Å². The third-order valence-electron chi connectivity index (χ3n) is 2.21. The normalized spacial score (nSPS) is 9.65. The molecule has 1 amide bonds. The number of anilines is 1. The van der Waals surface area contributed by atoms with E-state index in [9.17, 15) is 4.79 Å². The first-order valence-electron chi connectivity index (χ1n) is 4.86. The minimum atomic E-state index is -0.286. The van der Waals surface area contributed by atoms with Crippen LogP contribution in [-0.2, 0) is 7.05 Å². The molecule has 0 aliphatic rings. The number of nitrogens with one attached hydrogen (secondary N) is 1. The highest BCUT2D eigenvalue weighted by atomic mass is 16.1. The molecule has 2 rings (SSSR count). The van der Waals surface area contributed by atoms with Gasteiger partial charge in [0.25, 0.3) is 5.91 Å². The molecular formula is C11H9N5O. The fraction of sp³-hybridized carbons (Fsp3) is 0.0909. The van der Waals surface area contributed by atoms with Crippen LogP contribution in [0.2, 0.25) is 0 Å². The van der Waals surface area contributed by atoms with Crippen molar-refractivity contribution in [1.82, 2.24) is 14.8 Å². The Kier molecular flexibility index (Phi) is 2.83. The average Bonchev–Trinajstić information content (AvgIpc) is 2.75. The predicted octanol–water partition coefficient (Wildman–Crippen LogP) is 0.939. The Morgan fingerprint density at radius 2 is 2.12 bits per heavy atom. The maximum atomic E-state index is 11.8. The molecular weight excluding hydrogens is 218 g/mol. The van der Waals surface area contributed by atoms with Gasteiger partial charge in [0.05, 0.1) is 11.6 Å². The second-order valence-corrected chi connectivity index (χ2v) is 3.35. The van der Waals surface area contributed by atoms with Crippen molar-refractivity contribution in [3.8, 4) is 6.07 Å². The average molecular weight is 227 g/mol. The van der Waals surface area contributed by atoms with Crippen molar-refractivity contribution in [2.24, 2.45) is 7.05 Å². The molecule has 1 aromatic carbocycles. The first-order valence-corrected chi connectivity index (χ1v) is 4.86. The standard InChI is InChI=1S/C11H9N5O/c1-16-11(13-7-14-16)15-10(17)9-4-2-8(6-12)3-5-9/h2-5,7H,1H3,(H,13,14,15,17). The van der Waals surface area contributed by atoms with E-state index in [1.165, 1.54) is 11.0 Å². The Morgan fingerprint density at radius 3 is 2.65 bits per heavy atom. The Hall–Kier alpha value is -2.68. The summed E-state index contributed by atoms with van der Waals surface area (Å²) in [4.78, 5) is 15.7. The number of hydrogen-bond donors (Lipinski definition) is 1. The summed E-state index contributed by atoms with van der Waals surface area (Å²) in [6.45, 7) is 0. The SMILES string of the molecule is Cn1ncnc1NC(=O)c1ccc(C#N)cc1. The number of rotatable bonds is 2. The summed E-state index contributed by atoms with van der Waals surface area (Å²) >= 11 is 0. The van der Waals surface area contributed by atoms with Crippen molar-refractivity contribution in [2.45, 2.75) is 0 Å². The zero-order valence-corrected chi connectivity index (χ0v) is 9.08. The number of benzene rings is 1. The van der Waals surface area contributed by atoms with Crippen molar-refractivity contribution >= 4 is 11.9 Å². The lowest BCUT2D eigenvalue weighted by molar-refractivity contribution is 0.102. The fourth-order valence-corrected chi connectivity index (χ4v) is 1.28. The lowest BCUT2D eigenvalue weighted by Crippen LogP contribution is -2.15. The Morgan fingerprint density at radius 1 is 1.41 bits per heavy atom. The monoisotopic (exact) mass is 227 g/mol. The summed E-state index contributed by atoms with van der Waals surface area (Å²) in [5, 5.41) is 15.1. The van der Waals surface area contributed by atoms with Gasteiger partial charge in [-0.1, -0.05) is 0 Å². The molecule has 0 saturated carbocycles. The van der Waals surface area contributed by atoms with E-state index in [0.29, 0.717) is 17.1 Å². The molecule has 6 heteroatoms. The summed E-state index contributed by atoms with van der Waals surface area (Å²) in [5.41, 5.74) is 0.979. The highest BCUT2D eigenvalue weighted by molar-refractivity contribution is 6.03. The van der Waals surface area contributed by atoms with Crippen LogP contribution in [0.15, 0.2) is 30.6 Å². The number of amides is 1. The molecule has 0 atom stereocenters. The second kappa shape index (κ2) is 4.45. The molecule has 0 spiro atoms. The van der Waals surface area contributed by atoms with Gasteiger partial charge in [-0.05, 0) is 24.3 Å². The molecule has 1 aromatic heterocycles. The minimum absolute atomic E-state index is 0.286. The number of aryl methyl sites for hydroxylation is 1. The minimum Gasteiger partial charge on any atom is -0.291 e. The largest absolute Gasteiger partial charge is 0.291 e. The van der Waals surface area contributed by atoms with E-state index in [0.717, 1.165) is 0 Å². The summed E-state index contributed by atoms with van der Waals surface area (Å²) in [7, 11) is 1.68. The number of carbonyl (C=O) groups excluding carboxylic acids is 1. The van der Waals surface area contributed by atoms with E-state index in [1.54, 1.807) is 31.3 Å². The number of nitriles is 1. The fourth-order valence-electron chi connectivity index (χ4n) is 1.28. The van der Waals surface area contributed by atoms with Crippen molar-refractivity contribution in [3.05, 3.63) is 41.7 Å². The summed E-state index contributed by atoms with van der Waals surface area (Å²) in [6.07, 6.45) is 1.36. The van der Waals surface area contributed by atoms with Gasteiger partial charge in [-0.3, -0.25) is 10.1 Å². The second-order valence-electron chi connectivity index (χ2n) is 3.35. The third kappa shape index (κ3) is 2.29. The molecule has 0 fully saturated rings. The van der Waals surface area contributed by atoms with Gasteiger partial charge in [-0.15, -0.1) is 0 Å². The van der Waals surface area contributed by atoms with Crippen molar-refractivity contribution in [1.29, 1.82) is 5.26 Å². The quantitative estimate of drug-likeness (QED) is 0.827. The van der Waals surface area contributed by atoms with Gasteiger partial charge < -0.3 is 0 Å². The predicted molar refractivity (Wildman–Crippen MR) is 60.1 cm³/mol. The summed E-state index contributed by atoms with van der Waals surface area (Å²) in [5.74, 6) is 0.0879. The molecule has 84 valence electrons. The number of nitrogens with zero attached hydrogens (tertiary/aromatic N) is 4. The van der Waals surface area contributed by atoms with Crippen LogP contribution in [0.1, 0.15) is 15.9 Å². The Balaban J connectivity index is 2.15. The maximum absolute atomic E-state index is 11.8. The van der Waals surface area contributed by atoms with E-state index < -0.39 is 0 Å². The van der Waals surface area contributed by atoms with Crippen LogP contribution in [-0.4, -0.2) is 20.7 Å². The molecule has 0 saturated heterocycles. The number of carbonyl (C=O) groups is 1. The maximum Gasteiger partial charge on any atom is 0.258 e. The molecule has 0 aliphatic heterocycles. The van der Waals surface area contributed by atoms with Crippen molar-refractivity contribution in [2.75, 3.05) is 5.32 Å². The van der Waals surface area contributed by atoms with Crippen LogP contribution in [0, 0.1) is 11.3 Å². The highest BCUT2D eigenvalue weighted by Crippen LogP contribution is 2.06. The van der Waals surface area contributed by atoms with E-state index in [1.807, 2.05) is 6.07 Å². The zero-order chi connectivity index (χ0) is 12.3. The highest BCUT2D eigenvalue weighted by Gasteiger charge is 2.08. The Labute approximate surface area is 97.5 Å². The molecule has 0 bridgehead atoms. The van der Waals surface area contributed by atoms with E-state index in [4.69, 9.17) is 5.26 Å². The Bertz CT molecular complexity index is 579. The molecule has 0 radical (unpaired) electrons. The smallest absolute Gasteiger partial charge is 0.258 e. The van der Waals surface area contributed by atoms with Gasteiger partial charge in [0.1, 0.15) is 6.33 Å². The third-order valence-corrected chi connectivity index (χ3v) is 2.21. The molecule has 0 unspecified atom stereocenters. The van der Waals surface area contributed by atoms with Crippen molar-refractivity contribution in [3.63, 3.8) is 0 Å². The molecule has 1 N–H and O–H groups in total. The number of aromatic nitrogens is 3. The van der Waals surface area contributed by atoms with Gasteiger partial charge in [0.15, 0.2) is 0 Å². The zero-order valence-electron chi connectivity index (χ0n) is 9.08. The van der Waals surface area contributed by atoms with Gasteiger partial charge in [0.2, 0.25) is 5.95 Å². The molecule has 0 aliphatic carbocycles. The molecule has 2 aromatic rings.